The maximum Gasteiger partial charge on any atom is 0.229 e. The van der Waals surface area contributed by atoms with Gasteiger partial charge in [-0.3, -0.25) is 9.59 Å². The smallest absolute Gasteiger partial charge is 0.229 e. The lowest BCUT2D eigenvalue weighted by Crippen LogP contribution is -2.28. The number of benzene rings is 2. The monoisotopic (exact) mass is 324 g/mol. The maximum atomic E-state index is 12.5. The minimum atomic E-state index is -0.382. The lowest BCUT2D eigenvalue weighted by Gasteiger charge is -2.17. The van der Waals surface area contributed by atoms with E-state index in [4.69, 9.17) is 0 Å². The predicted octanol–water partition coefficient (Wildman–Crippen LogP) is 3.00. The van der Waals surface area contributed by atoms with Gasteiger partial charge in [0, 0.05) is 24.3 Å². The summed E-state index contributed by atoms with van der Waals surface area (Å²) in [4.78, 5) is 26.4. The van der Waals surface area contributed by atoms with Crippen LogP contribution in [0.2, 0.25) is 0 Å². The topological polar surface area (TPSA) is 69.6 Å². The number of aromatic hydroxyl groups is 1. The fourth-order valence-corrected chi connectivity index (χ4v) is 2.88. The molecule has 1 aliphatic rings. The third kappa shape index (κ3) is 3.25. The molecule has 124 valence electrons. The van der Waals surface area contributed by atoms with Crippen LogP contribution in [-0.4, -0.2) is 23.5 Å². The van der Waals surface area contributed by atoms with Gasteiger partial charge in [-0.1, -0.05) is 17.7 Å². The Bertz CT molecular complexity index is 784. The molecule has 0 saturated carbocycles. The minimum absolute atomic E-state index is 0.0403. The van der Waals surface area contributed by atoms with Gasteiger partial charge < -0.3 is 15.3 Å². The second kappa shape index (κ2) is 6.35. The van der Waals surface area contributed by atoms with Crippen LogP contribution in [0.5, 0.6) is 5.75 Å². The Morgan fingerprint density at radius 2 is 1.88 bits per heavy atom. The Morgan fingerprint density at radius 3 is 2.54 bits per heavy atom. The molecule has 0 radical (unpaired) electrons. The molecule has 1 atom stereocenters. The number of nitrogens with zero attached hydrogens (tertiary/aromatic N) is 1. The van der Waals surface area contributed by atoms with Gasteiger partial charge in [-0.25, -0.2) is 0 Å². The third-order valence-corrected chi connectivity index (χ3v) is 4.31. The highest BCUT2D eigenvalue weighted by molar-refractivity contribution is 6.03. The van der Waals surface area contributed by atoms with E-state index in [1.54, 1.807) is 17.0 Å². The van der Waals surface area contributed by atoms with Crippen LogP contribution in [0, 0.1) is 19.8 Å². The number of hydrogen-bond acceptors (Lipinski definition) is 3. The molecule has 5 nitrogen and oxygen atoms in total. The van der Waals surface area contributed by atoms with Gasteiger partial charge in [0.1, 0.15) is 5.75 Å². The molecule has 24 heavy (non-hydrogen) atoms. The average Bonchev–Trinajstić information content (AvgIpc) is 2.93. The zero-order valence-electron chi connectivity index (χ0n) is 13.7. The average molecular weight is 324 g/mol. The largest absolute Gasteiger partial charge is 0.508 e. The van der Waals surface area contributed by atoms with E-state index in [9.17, 15) is 14.7 Å². The summed E-state index contributed by atoms with van der Waals surface area (Å²) in [6, 6.07) is 12.5. The number of hydrogen-bond donors (Lipinski definition) is 2. The molecule has 0 spiro atoms. The lowest BCUT2D eigenvalue weighted by atomic mass is 10.1. The normalized spacial score (nSPS) is 17.2. The Kier molecular flexibility index (Phi) is 4.25. The fraction of sp³-hybridized carbons (Fsp3) is 0.263. The van der Waals surface area contributed by atoms with Crippen molar-refractivity contribution in [2.45, 2.75) is 20.3 Å². The van der Waals surface area contributed by atoms with E-state index < -0.39 is 0 Å². The number of rotatable bonds is 3. The summed E-state index contributed by atoms with van der Waals surface area (Å²) in [6.45, 7) is 4.18. The summed E-state index contributed by atoms with van der Waals surface area (Å²) in [5.74, 6) is -0.438. The quantitative estimate of drug-likeness (QED) is 0.853. The number of phenolic OH excluding ortho intramolecular Hbond substituents is 1. The second-order valence-electron chi connectivity index (χ2n) is 6.23. The van der Waals surface area contributed by atoms with Crippen molar-refractivity contribution in [1.82, 2.24) is 0 Å². The number of anilines is 2. The van der Waals surface area contributed by atoms with Crippen molar-refractivity contribution in [3.05, 3.63) is 53.6 Å². The molecule has 1 fully saturated rings. The molecule has 2 N–H and O–H groups in total. The van der Waals surface area contributed by atoms with Crippen molar-refractivity contribution in [2.75, 3.05) is 16.8 Å². The number of phenols is 1. The maximum absolute atomic E-state index is 12.5. The van der Waals surface area contributed by atoms with Crippen LogP contribution in [-0.2, 0) is 9.59 Å². The highest BCUT2D eigenvalue weighted by Gasteiger charge is 2.35. The van der Waals surface area contributed by atoms with E-state index in [1.807, 2.05) is 38.1 Å². The zero-order chi connectivity index (χ0) is 17.3. The number of carbonyl (C=O) groups is 2. The van der Waals surface area contributed by atoms with Crippen LogP contribution in [0.1, 0.15) is 17.5 Å². The van der Waals surface area contributed by atoms with Gasteiger partial charge in [0.15, 0.2) is 0 Å². The molecule has 2 aromatic carbocycles. The fourth-order valence-electron chi connectivity index (χ4n) is 2.88. The number of nitrogens with one attached hydrogen (secondary N) is 1. The number of amides is 2. The summed E-state index contributed by atoms with van der Waals surface area (Å²) in [5, 5.41) is 12.3. The van der Waals surface area contributed by atoms with Gasteiger partial charge >= 0.3 is 0 Å². The molecule has 5 heteroatoms. The van der Waals surface area contributed by atoms with Crippen LogP contribution >= 0.6 is 0 Å². The molecule has 1 saturated heterocycles. The summed E-state index contributed by atoms with van der Waals surface area (Å²) >= 11 is 0. The molecular weight excluding hydrogens is 304 g/mol. The minimum Gasteiger partial charge on any atom is -0.508 e. The molecule has 1 unspecified atom stereocenters. The first kappa shape index (κ1) is 16.1. The van der Waals surface area contributed by atoms with Crippen LogP contribution in [0.25, 0.3) is 0 Å². The van der Waals surface area contributed by atoms with Gasteiger partial charge in [0.2, 0.25) is 11.8 Å². The van der Waals surface area contributed by atoms with Crippen LogP contribution in [0.4, 0.5) is 11.4 Å². The Hall–Kier alpha value is -2.82. The summed E-state index contributed by atoms with van der Waals surface area (Å²) in [6.07, 6.45) is 0.205. The lowest BCUT2D eigenvalue weighted by molar-refractivity contribution is -0.122. The number of carbonyl (C=O) groups excluding carboxylic acids is 2. The van der Waals surface area contributed by atoms with Gasteiger partial charge in [-0.05, 0) is 49.7 Å². The van der Waals surface area contributed by atoms with Crippen LogP contribution in [0.3, 0.4) is 0 Å². The molecule has 2 aromatic rings. The summed E-state index contributed by atoms with van der Waals surface area (Å²) in [5.41, 5.74) is 3.38. The van der Waals surface area contributed by atoms with Crippen LogP contribution in [0.15, 0.2) is 42.5 Å². The SMILES string of the molecule is Cc1ccc(N2CC(C(=O)Nc3ccc(O)cc3C)CC2=O)cc1. The van der Waals surface area contributed by atoms with E-state index in [0.29, 0.717) is 12.2 Å². The van der Waals surface area contributed by atoms with E-state index >= 15 is 0 Å². The Balaban J connectivity index is 1.70. The highest BCUT2D eigenvalue weighted by Crippen LogP contribution is 2.27. The Labute approximate surface area is 140 Å². The van der Waals surface area contributed by atoms with Crippen molar-refractivity contribution < 1.29 is 14.7 Å². The first-order valence-corrected chi connectivity index (χ1v) is 7.91. The molecule has 1 aliphatic heterocycles. The third-order valence-electron chi connectivity index (χ3n) is 4.31. The predicted molar refractivity (Wildman–Crippen MR) is 93.1 cm³/mol. The first-order valence-electron chi connectivity index (χ1n) is 7.91. The summed E-state index contributed by atoms with van der Waals surface area (Å²) in [7, 11) is 0. The van der Waals surface area contributed by atoms with E-state index in [2.05, 4.69) is 5.32 Å². The highest BCUT2D eigenvalue weighted by atomic mass is 16.3. The molecule has 1 heterocycles. The van der Waals surface area contributed by atoms with Gasteiger partial charge in [0.25, 0.3) is 0 Å². The second-order valence-corrected chi connectivity index (χ2v) is 6.23. The van der Waals surface area contributed by atoms with E-state index in [1.165, 1.54) is 6.07 Å². The van der Waals surface area contributed by atoms with Crippen molar-refractivity contribution in [1.29, 1.82) is 0 Å². The van der Waals surface area contributed by atoms with Crippen molar-refractivity contribution in [3.8, 4) is 5.75 Å². The molecule has 3 rings (SSSR count). The summed E-state index contributed by atoms with van der Waals surface area (Å²) < 4.78 is 0. The Morgan fingerprint density at radius 1 is 1.17 bits per heavy atom. The first-order chi connectivity index (χ1) is 11.4. The van der Waals surface area contributed by atoms with Gasteiger partial charge in [0.05, 0.1) is 5.92 Å². The standard InChI is InChI=1S/C19H20N2O3/c1-12-3-5-15(6-4-12)21-11-14(10-18(21)23)19(24)20-17-8-7-16(22)9-13(17)2/h3-9,14,22H,10-11H2,1-2H3,(H,20,24). The van der Waals surface area contributed by atoms with Crippen LogP contribution < -0.4 is 10.2 Å². The van der Waals surface area contributed by atoms with Crippen molar-refractivity contribution >= 4 is 23.2 Å². The van der Waals surface area contributed by atoms with Crippen molar-refractivity contribution in [2.24, 2.45) is 5.92 Å². The van der Waals surface area contributed by atoms with E-state index in [-0.39, 0.29) is 29.9 Å². The molecular formula is C19H20N2O3. The van der Waals surface area contributed by atoms with Gasteiger partial charge in [-0.2, -0.15) is 0 Å². The molecule has 0 aromatic heterocycles. The molecule has 0 bridgehead atoms. The zero-order valence-corrected chi connectivity index (χ0v) is 13.7. The van der Waals surface area contributed by atoms with Crippen molar-refractivity contribution in [3.63, 3.8) is 0 Å². The van der Waals surface area contributed by atoms with E-state index in [0.717, 1.165) is 16.8 Å². The number of aryl methyl sites for hydroxylation is 2. The van der Waals surface area contributed by atoms with Gasteiger partial charge in [-0.15, -0.1) is 0 Å². The molecule has 0 aliphatic carbocycles. The molecule has 2 amide bonds.